The van der Waals surface area contributed by atoms with Crippen molar-refractivity contribution in [3.8, 4) is 11.5 Å². The second-order valence-electron chi connectivity index (χ2n) is 5.69. The number of methoxy groups -OCH3 is 2. The summed E-state index contributed by atoms with van der Waals surface area (Å²) < 4.78 is 36.0. The molecule has 1 aliphatic rings. The van der Waals surface area contributed by atoms with Crippen LogP contribution in [0, 0.1) is 0 Å². The van der Waals surface area contributed by atoms with Crippen LogP contribution >= 0.6 is 12.4 Å². The predicted octanol–water partition coefficient (Wildman–Crippen LogP) is 0.931. The maximum absolute atomic E-state index is 12.8. The molecule has 0 bridgehead atoms. The molecule has 0 aromatic heterocycles. The number of benzene rings is 1. The summed E-state index contributed by atoms with van der Waals surface area (Å²) in [6.45, 7) is 3.98. The first-order valence-corrected chi connectivity index (χ1v) is 9.41. The number of hydrogen-bond acceptors (Lipinski definition) is 6. The third-order valence-corrected chi connectivity index (χ3v) is 4.37. The standard InChI is InChI=1S/C15H23N3O5S.ClH/c1-10-9-16-5-6-18(10)15(19)11-7-12(17-24(4,20)21)14(23-3)13(8-11)22-2;/h7-8,10,16-17H,5-6,9H2,1-4H3;1H/t10-;/m0./s1. The topological polar surface area (TPSA) is 97.0 Å². The van der Waals surface area contributed by atoms with Crippen LogP contribution in [0.2, 0.25) is 0 Å². The first-order chi connectivity index (χ1) is 11.3. The number of nitrogens with one attached hydrogen (secondary N) is 2. The van der Waals surface area contributed by atoms with E-state index in [9.17, 15) is 13.2 Å². The van der Waals surface area contributed by atoms with E-state index < -0.39 is 10.0 Å². The van der Waals surface area contributed by atoms with E-state index in [4.69, 9.17) is 9.47 Å². The number of carbonyl (C=O) groups is 1. The van der Waals surface area contributed by atoms with Crippen LogP contribution in [0.5, 0.6) is 11.5 Å². The van der Waals surface area contributed by atoms with Gasteiger partial charge in [0, 0.05) is 31.2 Å². The van der Waals surface area contributed by atoms with Gasteiger partial charge in [-0.05, 0) is 19.1 Å². The summed E-state index contributed by atoms with van der Waals surface area (Å²) in [4.78, 5) is 14.6. The third kappa shape index (κ3) is 5.13. The van der Waals surface area contributed by atoms with Crippen LogP contribution in [0.25, 0.3) is 0 Å². The molecule has 0 saturated carbocycles. The van der Waals surface area contributed by atoms with Gasteiger partial charge in [0.1, 0.15) is 0 Å². The SMILES string of the molecule is COc1cc(C(=O)N2CCNC[C@@H]2C)cc(NS(C)(=O)=O)c1OC.Cl. The molecule has 10 heteroatoms. The van der Waals surface area contributed by atoms with Gasteiger partial charge in [0.25, 0.3) is 5.91 Å². The molecule has 2 rings (SSSR count). The monoisotopic (exact) mass is 393 g/mol. The zero-order valence-electron chi connectivity index (χ0n) is 14.7. The number of hydrogen-bond donors (Lipinski definition) is 2. The van der Waals surface area contributed by atoms with Crippen LogP contribution < -0.4 is 19.5 Å². The van der Waals surface area contributed by atoms with Crippen LogP contribution in [0.15, 0.2) is 12.1 Å². The van der Waals surface area contributed by atoms with Crippen molar-refractivity contribution in [2.75, 3.05) is 44.8 Å². The van der Waals surface area contributed by atoms with Crippen LogP contribution in [-0.4, -0.2) is 65.4 Å². The summed E-state index contributed by atoms with van der Waals surface area (Å²) in [5.74, 6) is 0.339. The van der Waals surface area contributed by atoms with Gasteiger partial charge in [0.15, 0.2) is 11.5 Å². The summed E-state index contributed by atoms with van der Waals surface area (Å²) in [7, 11) is -0.691. The number of carbonyl (C=O) groups excluding carboxylic acids is 1. The molecule has 8 nitrogen and oxygen atoms in total. The van der Waals surface area contributed by atoms with Crippen LogP contribution in [0.1, 0.15) is 17.3 Å². The lowest BCUT2D eigenvalue weighted by atomic mass is 10.1. The molecule has 0 spiro atoms. The van der Waals surface area contributed by atoms with Crippen molar-refractivity contribution in [2.24, 2.45) is 0 Å². The summed E-state index contributed by atoms with van der Waals surface area (Å²) in [5, 5.41) is 3.22. The number of nitrogens with zero attached hydrogens (tertiary/aromatic N) is 1. The molecule has 25 heavy (non-hydrogen) atoms. The van der Waals surface area contributed by atoms with E-state index in [2.05, 4.69) is 10.0 Å². The van der Waals surface area contributed by atoms with Gasteiger partial charge in [-0.1, -0.05) is 0 Å². The highest BCUT2D eigenvalue weighted by atomic mass is 35.5. The highest BCUT2D eigenvalue weighted by molar-refractivity contribution is 7.92. The molecule has 1 aromatic carbocycles. The molecule has 1 saturated heterocycles. The van der Waals surface area contributed by atoms with Crippen LogP contribution in [0.3, 0.4) is 0 Å². The van der Waals surface area contributed by atoms with Crippen molar-refractivity contribution in [1.29, 1.82) is 0 Å². The van der Waals surface area contributed by atoms with E-state index in [1.165, 1.54) is 20.3 Å². The van der Waals surface area contributed by atoms with Crippen molar-refractivity contribution >= 4 is 34.0 Å². The highest BCUT2D eigenvalue weighted by Gasteiger charge is 2.26. The van der Waals surface area contributed by atoms with Gasteiger partial charge in [0.05, 0.1) is 26.2 Å². The van der Waals surface area contributed by atoms with E-state index in [0.717, 1.165) is 12.8 Å². The van der Waals surface area contributed by atoms with E-state index in [0.29, 0.717) is 18.7 Å². The Morgan fingerprint density at radius 1 is 1.32 bits per heavy atom. The van der Waals surface area contributed by atoms with Gasteiger partial charge in [-0.3, -0.25) is 9.52 Å². The molecule has 1 atom stereocenters. The average molecular weight is 394 g/mol. The molecule has 1 heterocycles. The van der Waals surface area contributed by atoms with Crippen molar-refractivity contribution in [3.05, 3.63) is 17.7 Å². The van der Waals surface area contributed by atoms with E-state index in [1.54, 1.807) is 11.0 Å². The number of piperazine rings is 1. The van der Waals surface area contributed by atoms with Gasteiger partial charge in [-0.2, -0.15) is 0 Å². The summed E-state index contributed by atoms with van der Waals surface area (Å²) in [5.41, 5.74) is 0.512. The van der Waals surface area contributed by atoms with E-state index in [1.807, 2.05) is 6.92 Å². The van der Waals surface area contributed by atoms with Gasteiger partial charge in [-0.25, -0.2) is 8.42 Å². The second-order valence-corrected chi connectivity index (χ2v) is 7.43. The minimum Gasteiger partial charge on any atom is -0.493 e. The lowest BCUT2D eigenvalue weighted by Crippen LogP contribution is -2.52. The first-order valence-electron chi connectivity index (χ1n) is 7.52. The lowest BCUT2D eigenvalue weighted by molar-refractivity contribution is 0.0655. The number of anilines is 1. The quantitative estimate of drug-likeness (QED) is 0.772. The number of rotatable bonds is 5. The van der Waals surface area contributed by atoms with Crippen molar-refractivity contribution < 1.29 is 22.7 Å². The predicted molar refractivity (Wildman–Crippen MR) is 98.6 cm³/mol. The summed E-state index contributed by atoms with van der Waals surface area (Å²) in [6.07, 6.45) is 1.03. The number of halogens is 1. The van der Waals surface area contributed by atoms with E-state index >= 15 is 0 Å². The number of amides is 1. The Morgan fingerprint density at radius 2 is 2.00 bits per heavy atom. The normalized spacial score (nSPS) is 17.4. The van der Waals surface area contributed by atoms with Crippen molar-refractivity contribution in [1.82, 2.24) is 10.2 Å². The third-order valence-electron chi connectivity index (χ3n) is 3.78. The lowest BCUT2D eigenvalue weighted by Gasteiger charge is -2.34. The van der Waals surface area contributed by atoms with Crippen LogP contribution in [-0.2, 0) is 10.0 Å². The molecule has 2 N–H and O–H groups in total. The number of sulfonamides is 1. The fourth-order valence-corrected chi connectivity index (χ4v) is 3.22. The molecule has 0 unspecified atom stereocenters. The zero-order valence-corrected chi connectivity index (χ0v) is 16.3. The Kier molecular flexibility index (Phi) is 7.33. The Labute approximate surface area is 154 Å². The van der Waals surface area contributed by atoms with E-state index in [-0.39, 0.29) is 41.5 Å². The fourth-order valence-electron chi connectivity index (χ4n) is 2.67. The molecular formula is C15H24ClN3O5S. The highest BCUT2D eigenvalue weighted by Crippen LogP contribution is 2.37. The van der Waals surface area contributed by atoms with Gasteiger partial charge in [0.2, 0.25) is 10.0 Å². The molecule has 142 valence electrons. The van der Waals surface area contributed by atoms with Gasteiger partial charge in [-0.15, -0.1) is 12.4 Å². The maximum atomic E-state index is 12.8. The second kappa shape index (κ2) is 8.59. The largest absolute Gasteiger partial charge is 0.493 e. The minimum absolute atomic E-state index is 0. The molecular weight excluding hydrogens is 370 g/mol. The zero-order chi connectivity index (χ0) is 17.9. The Balaban J connectivity index is 0.00000312. The maximum Gasteiger partial charge on any atom is 0.254 e. The molecule has 1 fully saturated rings. The minimum atomic E-state index is -3.53. The average Bonchev–Trinajstić information content (AvgIpc) is 2.52. The molecule has 1 aliphatic heterocycles. The Bertz CT molecular complexity index is 726. The van der Waals surface area contributed by atoms with Crippen molar-refractivity contribution in [3.63, 3.8) is 0 Å². The first kappa shape index (κ1) is 21.3. The van der Waals surface area contributed by atoms with Gasteiger partial charge >= 0.3 is 0 Å². The molecule has 0 aliphatic carbocycles. The Hall–Kier alpha value is -1.71. The smallest absolute Gasteiger partial charge is 0.254 e. The van der Waals surface area contributed by atoms with Crippen molar-refractivity contribution in [2.45, 2.75) is 13.0 Å². The number of ether oxygens (including phenoxy) is 2. The summed E-state index contributed by atoms with van der Waals surface area (Å²) in [6, 6.07) is 3.08. The van der Waals surface area contributed by atoms with Crippen LogP contribution in [0.4, 0.5) is 5.69 Å². The molecule has 0 radical (unpaired) electrons. The fraction of sp³-hybridized carbons (Fsp3) is 0.533. The molecule has 1 aromatic rings. The Morgan fingerprint density at radius 3 is 2.52 bits per heavy atom. The molecule has 1 amide bonds. The van der Waals surface area contributed by atoms with Gasteiger partial charge < -0.3 is 19.7 Å². The summed E-state index contributed by atoms with van der Waals surface area (Å²) >= 11 is 0.